The minimum atomic E-state index is -4.39. The fourth-order valence-corrected chi connectivity index (χ4v) is 3.54. The number of carbonyl (C=O) groups is 1. The number of carbonyl (C=O) groups excluding carboxylic acids is 1. The van der Waals surface area contributed by atoms with Gasteiger partial charge in [0.2, 0.25) is 5.91 Å². The Hall–Kier alpha value is -1.52. The van der Waals surface area contributed by atoms with Gasteiger partial charge in [0.15, 0.2) is 0 Å². The van der Waals surface area contributed by atoms with E-state index >= 15 is 0 Å². The summed E-state index contributed by atoms with van der Waals surface area (Å²) in [5, 5.41) is 0. The first-order chi connectivity index (χ1) is 10.1. The van der Waals surface area contributed by atoms with Gasteiger partial charge in [0, 0.05) is 5.69 Å². The van der Waals surface area contributed by atoms with E-state index in [1.807, 2.05) is 12.1 Å². The van der Waals surface area contributed by atoms with E-state index in [0.717, 1.165) is 23.3 Å². The van der Waals surface area contributed by atoms with Gasteiger partial charge in [-0.05, 0) is 49.3 Å². The molecule has 0 bridgehead atoms. The molecule has 2 atom stereocenters. The fourth-order valence-electron chi connectivity index (χ4n) is 3.54. The molecule has 0 saturated heterocycles. The second-order valence-electron chi connectivity index (χ2n) is 6.92. The van der Waals surface area contributed by atoms with Gasteiger partial charge < -0.3 is 4.90 Å². The summed E-state index contributed by atoms with van der Waals surface area (Å²) in [6.07, 6.45) is -2.22. The summed E-state index contributed by atoms with van der Waals surface area (Å²) >= 11 is 0. The smallest absolute Gasteiger partial charge is 0.302 e. The van der Waals surface area contributed by atoms with Crippen LogP contribution in [0, 0.1) is 5.92 Å². The summed E-state index contributed by atoms with van der Waals surface area (Å²) in [5.74, 6) is 0.584. The first-order valence-corrected chi connectivity index (χ1v) is 7.68. The van der Waals surface area contributed by atoms with Crippen molar-refractivity contribution in [2.45, 2.75) is 51.1 Å². The van der Waals surface area contributed by atoms with Gasteiger partial charge in [-0.25, -0.2) is 0 Å². The van der Waals surface area contributed by atoms with E-state index in [2.05, 4.69) is 6.92 Å². The third-order valence-corrected chi connectivity index (χ3v) is 4.98. The van der Waals surface area contributed by atoms with Crippen LogP contribution in [0.25, 0.3) is 0 Å². The summed E-state index contributed by atoms with van der Waals surface area (Å²) < 4.78 is 38.5. The molecule has 2 nitrogen and oxygen atoms in total. The molecule has 2 aliphatic rings. The van der Waals surface area contributed by atoms with E-state index in [-0.39, 0.29) is 0 Å². The fraction of sp³-hybridized carbons (Fsp3) is 0.588. The number of anilines is 1. The zero-order valence-corrected chi connectivity index (χ0v) is 13.0. The lowest BCUT2D eigenvalue weighted by Gasteiger charge is -2.21. The number of amides is 1. The van der Waals surface area contributed by atoms with Crippen molar-refractivity contribution in [2.75, 3.05) is 11.4 Å². The number of hydrogen-bond donors (Lipinski definition) is 0. The summed E-state index contributed by atoms with van der Waals surface area (Å²) in [5.41, 5.74) is 1.29. The number of alkyl halides is 3. The molecule has 1 heterocycles. The number of fused-ring (bicyclic) bond motifs is 1. The first-order valence-electron chi connectivity index (χ1n) is 7.68. The quantitative estimate of drug-likeness (QED) is 0.811. The van der Waals surface area contributed by atoms with Crippen molar-refractivity contribution in [2.24, 2.45) is 5.92 Å². The van der Waals surface area contributed by atoms with Crippen LogP contribution in [0.4, 0.5) is 18.9 Å². The van der Waals surface area contributed by atoms with E-state index in [1.54, 1.807) is 19.9 Å². The SMILES string of the molecule is CC[C@H]1C[C@@H]1c1ccc2c(c1)N(CC(F)(F)F)C(=O)C2(C)C. The lowest BCUT2D eigenvalue weighted by molar-refractivity contribution is -0.134. The van der Waals surface area contributed by atoms with Crippen molar-refractivity contribution in [3.05, 3.63) is 29.3 Å². The Morgan fingerprint density at radius 3 is 2.55 bits per heavy atom. The Labute approximate surface area is 128 Å². The number of rotatable bonds is 3. The molecule has 0 aromatic heterocycles. The highest BCUT2D eigenvalue weighted by Gasteiger charge is 2.48. The minimum Gasteiger partial charge on any atom is -0.302 e. The lowest BCUT2D eigenvalue weighted by atomic mass is 9.85. The minimum absolute atomic E-state index is 0.432. The van der Waals surface area contributed by atoms with Crippen LogP contribution in [0.5, 0.6) is 0 Å². The zero-order valence-electron chi connectivity index (χ0n) is 13.0. The molecule has 1 aromatic rings. The molecule has 22 heavy (non-hydrogen) atoms. The Balaban J connectivity index is 2.00. The molecule has 1 aliphatic heterocycles. The van der Waals surface area contributed by atoms with Crippen LogP contribution in [0.2, 0.25) is 0 Å². The summed E-state index contributed by atoms with van der Waals surface area (Å²) in [7, 11) is 0. The van der Waals surface area contributed by atoms with Gasteiger partial charge in [-0.15, -0.1) is 0 Å². The molecule has 1 aromatic carbocycles. The van der Waals surface area contributed by atoms with Crippen LogP contribution in [-0.4, -0.2) is 18.6 Å². The summed E-state index contributed by atoms with van der Waals surface area (Å²) in [4.78, 5) is 13.3. The van der Waals surface area contributed by atoms with Crippen LogP contribution >= 0.6 is 0 Å². The Kier molecular flexibility index (Phi) is 3.31. The highest BCUT2D eigenvalue weighted by Crippen LogP contribution is 2.52. The van der Waals surface area contributed by atoms with Crippen molar-refractivity contribution >= 4 is 11.6 Å². The van der Waals surface area contributed by atoms with Gasteiger partial charge in [-0.3, -0.25) is 4.79 Å². The second kappa shape index (κ2) is 4.74. The van der Waals surface area contributed by atoms with Crippen molar-refractivity contribution in [3.8, 4) is 0 Å². The van der Waals surface area contributed by atoms with Crippen molar-refractivity contribution in [1.82, 2.24) is 0 Å². The van der Waals surface area contributed by atoms with Crippen LogP contribution in [0.3, 0.4) is 0 Å². The van der Waals surface area contributed by atoms with Crippen molar-refractivity contribution in [3.63, 3.8) is 0 Å². The standard InChI is InChI=1S/C17H20F3NO/c1-4-10-7-12(10)11-5-6-13-14(8-11)21(9-17(18,19)20)15(22)16(13,2)3/h5-6,8,10,12H,4,7,9H2,1-3H3/t10-,12-/m0/s1. The molecule has 1 aliphatic carbocycles. The molecule has 1 saturated carbocycles. The molecular formula is C17H20F3NO. The van der Waals surface area contributed by atoms with Crippen molar-refractivity contribution < 1.29 is 18.0 Å². The lowest BCUT2D eigenvalue weighted by Crippen LogP contribution is -2.41. The van der Waals surface area contributed by atoms with E-state index < -0.39 is 24.0 Å². The average molecular weight is 311 g/mol. The molecular weight excluding hydrogens is 291 g/mol. The highest BCUT2D eigenvalue weighted by atomic mass is 19.4. The van der Waals surface area contributed by atoms with Crippen molar-refractivity contribution in [1.29, 1.82) is 0 Å². The van der Waals surface area contributed by atoms with Crippen LogP contribution < -0.4 is 4.90 Å². The van der Waals surface area contributed by atoms with Gasteiger partial charge in [0.25, 0.3) is 0 Å². The number of benzene rings is 1. The van der Waals surface area contributed by atoms with E-state index in [1.165, 1.54) is 0 Å². The maximum Gasteiger partial charge on any atom is 0.406 e. The van der Waals surface area contributed by atoms with E-state index in [4.69, 9.17) is 0 Å². The maximum absolute atomic E-state index is 12.8. The predicted molar refractivity (Wildman–Crippen MR) is 79.0 cm³/mol. The third kappa shape index (κ3) is 2.40. The largest absolute Gasteiger partial charge is 0.406 e. The number of halogens is 3. The zero-order chi connectivity index (χ0) is 16.3. The van der Waals surface area contributed by atoms with E-state index in [0.29, 0.717) is 23.1 Å². The second-order valence-corrected chi connectivity index (χ2v) is 6.92. The molecule has 1 fully saturated rings. The molecule has 0 radical (unpaired) electrons. The highest BCUT2D eigenvalue weighted by molar-refractivity contribution is 6.07. The number of nitrogens with zero attached hydrogens (tertiary/aromatic N) is 1. The van der Waals surface area contributed by atoms with Gasteiger partial charge >= 0.3 is 6.18 Å². The monoisotopic (exact) mass is 311 g/mol. The van der Waals surface area contributed by atoms with Crippen LogP contribution in [-0.2, 0) is 10.2 Å². The van der Waals surface area contributed by atoms with Crippen LogP contribution in [0.15, 0.2) is 18.2 Å². The van der Waals surface area contributed by atoms with Crippen LogP contribution in [0.1, 0.15) is 50.7 Å². The Morgan fingerprint density at radius 2 is 2.00 bits per heavy atom. The molecule has 0 N–H and O–H groups in total. The van der Waals surface area contributed by atoms with Gasteiger partial charge in [0.05, 0.1) is 5.41 Å². The third-order valence-electron chi connectivity index (χ3n) is 4.98. The molecule has 3 rings (SSSR count). The Bertz CT molecular complexity index is 621. The molecule has 0 spiro atoms. The molecule has 1 amide bonds. The molecule has 5 heteroatoms. The summed E-state index contributed by atoms with van der Waals surface area (Å²) in [6.45, 7) is 4.29. The van der Waals surface area contributed by atoms with Gasteiger partial charge in [0.1, 0.15) is 6.54 Å². The van der Waals surface area contributed by atoms with Gasteiger partial charge in [-0.2, -0.15) is 13.2 Å². The van der Waals surface area contributed by atoms with E-state index in [9.17, 15) is 18.0 Å². The van der Waals surface area contributed by atoms with Gasteiger partial charge in [-0.1, -0.05) is 25.5 Å². The summed E-state index contributed by atoms with van der Waals surface area (Å²) in [6, 6.07) is 5.61. The molecule has 120 valence electrons. The predicted octanol–water partition coefficient (Wildman–Crippen LogP) is 4.39. The normalized spacial score (nSPS) is 26.3. The topological polar surface area (TPSA) is 20.3 Å². The Morgan fingerprint density at radius 1 is 1.32 bits per heavy atom. The number of hydrogen-bond acceptors (Lipinski definition) is 1. The average Bonchev–Trinajstić information content (AvgIpc) is 3.18. The first kappa shape index (κ1) is 15.4. The maximum atomic E-state index is 12.8. The molecule has 0 unspecified atom stereocenters.